The number of ether oxygens (including phenoxy) is 4. The molecule has 24 heavy (non-hydrogen) atoms. The van der Waals surface area contributed by atoms with E-state index < -0.39 is 0 Å². The van der Waals surface area contributed by atoms with E-state index in [-0.39, 0.29) is 6.79 Å². The maximum Gasteiger partial charge on any atom is 0.231 e. The van der Waals surface area contributed by atoms with Crippen molar-refractivity contribution in [1.82, 2.24) is 5.32 Å². The van der Waals surface area contributed by atoms with E-state index in [0.29, 0.717) is 17.3 Å². The lowest BCUT2D eigenvalue weighted by Crippen LogP contribution is -2.17. The Hall–Kier alpha value is -2.11. The van der Waals surface area contributed by atoms with E-state index in [0.717, 1.165) is 41.3 Å². The third-order valence-corrected chi connectivity index (χ3v) is 4.21. The monoisotopic (exact) mass is 349 g/mol. The summed E-state index contributed by atoms with van der Waals surface area (Å²) >= 11 is 6.13. The van der Waals surface area contributed by atoms with E-state index >= 15 is 0 Å². The van der Waals surface area contributed by atoms with Crippen molar-refractivity contribution in [2.75, 3.05) is 27.6 Å². The van der Waals surface area contributed by atoms with Gasteiger partial charge in [-0.1, -0.05) is 23.7 Å². The van der Waals surface area contributed by atoms with Crippen molar-refractivity contribution in [3.05, 3.63) is 46.5 Å². The average molecular weight is 350 g/mol. The molecule has 0 radical (unpaired) electrons. The maximum atomic E-state index is 6.13. The number of halogens is 1. The summed E-state index contributed by atoms with van der Waals surface area (Å²) in [5.74, 6) is 3.05. The minimum atomic E-state index is 0.286. The minimum Gasteiger partial charge on any atom is -0.496 e. The van der Waals surface area contributed by atoms with Crippen LogP contribution in [0.2, 0.25) is 5.02 Å². The van der Waals surface area contributed by atoms with Crippen LogP contribution in [0.4, 0.5) is 0 Å². The van der Waals surface area contributed by atoms with Crippen molar-refractivity contribution < 1.29 is 18.9 Å². The molecule has 1 heterocycles. The number of benzene rings is 2. The Morgan fingerprint density at radius 3 is 2.71 bits per heavy atom. The van der Waals surface area contributed by atoms with Gasteiger partial charge in [-0.2, -0.15) is 0 Å². The van der Waals surface area contributed by atoms with Gasteiger partial charge in [0.1, 0.15) is 11.5 Å². The first-order valence-corrected chi connectivity index (χ1v) is 8.09. The summed E-state index contributed by atoms with van der Waals surface area (Å²) < 4.78 is 21.6. The van der Waals surface area contributed by atoms with E-state index in [2.05, 4.69) is 5.32 Å². The van der Waals surface area contributed by atoms with Gasteiger partial charge in [0.2, 0.25) is 6.79 Å². The highest BCUT2D eigenvalue weighted by Crippen LogP contribution is 2.35. The Bertz CT molecular complexity index is 720. The van der Waals surface area contributed by atoms with E-state index in [1.807, 2.05) is 24.3 Å². The zero-order valence-corrected chi connectivity index (χ0v) is 14.5. The van der Waals surface area contributed by atoms with Gasteiger partial charge in [0.25, 0.3) is 0 Å². The van der Waals surface area contributed by atoms with Crippen LogP contribution < -0.4 is 24.3 Å². The minimum absolute atomic E-state index is 0.286. The highest BCUT2D eigenvalue weighted by molar-refractivity contribution is 6.32. The molecule has 0 aliphatic carbocycles. The standard InChI is InChI=1S/C18H20ClNO4/c1-21-16-9-14(19)17(22-2)8-12(16)6-7-20-10-13-4-3-5-15-18(13)24-11-23-15/h3-5,8-9,20H,6-7,10-11H2,1-2H3. The van der Waals surface area contributed by atoms with Gasteiger partial charge < -0.3 is 24.3 Å². The van der Waals surface area contributed by atoms with Gasteiger partial charge in [0, 0.05) is 18.2 Å². The lowest BCUT2D eigenvalue weighted by Gasteiger charge is -2.13. The molecule has 0 aromatic heterocycles. The van der Waals surface area contributed by atoms with Crippen molar-refractivity contribution >= 4 is 11.6 Å². The van der Waals surface area contributed by atoms with Gasteiger partial charge in [-0.05, 0) is 30.7 Å². The molecule has 0 saturated heterocycles. The Balaban J connectivity index is 1.60. The lowest BCUT2D eigenvalue weighted by atomic mass is 10.1. The van der Waals surface area contributed by atoms with Crippen molar-refractivity contribution in [2.24, 2.45) is 0 Å². The Kier molecular flexibility index (Phi) is 5.33. The SMILES string of the molecule is COc1cc(CCNCc2cccc3c2OCO3)c(OC)cc1Cl. The number of para-hydroxylation sites is 1. The fourth-order valence-electron chi connectivity index (χ4n) is 2.70. The fourth-order valence-corrected chi connectivity index (χ4v) is 2.93. The second-order valence-electron chi connectivity index (χ2n) is 5.38. The number of methoxy groups -OCH3 is 2. The van der Waals surface area contributed by atoms with Crippen LogP contribution in [0.1, 0.15) is 11.1 Å². The smallest absolute Gasteiger partial charge is 0.231 e. The number of nitrogens with one attached hydrogen (secondary N) is 1. The Labute approximate surface area is 146 Å². The molecule has 2 aromatic rings. The molecule has 0 spiro atoms. The average Bonchev–Trinajstić information content (AvgIpc) is 3.08. The van der Waals surface area contributed by atoms with Crippen LogP contribution in [0.15, 0.2) is 30.3 Å². The zero-order valence-electron chi connectivity index (χ0n) is 13.7. The molecule has 1 N–H and O–H groups in total. The largest absolute Gasteiger partial charge is 0.496 e. The maximum absolute atomic E-state index is 6.13. The molecule has 5 nitrogen and oxygen atoms in total. The first-order chi connectivity index (χ1) is 11.7. The molecule has 0 fully saturated rings. The number of fused-ring (bicyclic) bond motifs is 1. The summed E-state index contributed by atoms with van der Waals surface area (Å²) in [6.45, 7) is 1.78. The van der Waals surface area contributed by atoms with Gasteiger partial charge in [-0.25, -0.2) is 0 Å². The molecule has 2 aromatic carbocycles. The lowest BCUT2D eigenvalue weighted by molar-refractivity contribution is 0.173. The third kappa shape index (κ3) is 3.52. The first-order valence-electron chi connectivity index (χ1n) is 7.71. The van der Waals surface area contributed by atoms with E-state index in [1.165, 1.54) is 0 Å². The molecular weight excluding hydrogens is 330 g/mol. The van der Waals surface area contributed by atoms with Gasteiger partial charge in [-0.3, -0.25) is 0 Å². The van der Waals surface area contributed by atoms with E-state index in [1.54, 1.807) is 20.3 Å². The molecule has 128 valence electrons. The van der Waals surface area contributed by atoms with Crippen molar-refractivity contribution in [2.45, 2.75) is 13.0 Å². The fraction of sp³-hybridized carbons (Fsp3) is 0.333. The van der Waals surface area contributed by atoms with Crippen molar-refractivity contribution in [3.63, 3.8) is 0 Å². The Morgan fingerprint density at radius 2 is 1.92 bits per heavy atom. The van der Waals surface area contributed by atoms with Gasteiger partial charge in [0.05, 0.1) is 19.2 Å². The topological polar surface area (TPSA) is 49.0 Å². The molecule has 1 aliphatic heterocycles. The Morgan fingerprint density at radius 1 is 1.08 bits per heavy atom. The van der Waals surface area contributed by atoms with Crippen LogP contribution in [0, 0.1) is 0 Å². The van der Waals surface area contributed by atoms with Crippen LogP contribution in [-0.4, -0.2) is 27.6 Å². The van der Waals surface area contributed by atoms with Gasteiger partial charge in [-0.15, -0.1) is 0 Å². The highest BCUT2D eigenvalue weighted by Gasteiger charge is 2.16. The number of hydrogen-bond donors (Lipinski definition) is 1. The number of hydrogen-bond acceptors (Lipinski definition) is 5. The van der Waals surface area contributed by atoms with Crippen LogP contribution in [0.3, 0.4) is 0 Å². The molecule has 1 aliphatic rings. The number of rotatable bonds is 7. The van der Waals surface area contributed by atoms with Gasteiger partial charge in [0.15, 0.2) is 11.5 Å². The molecule has 6 heteroatoms. The zero-order chi connectivity index (χ0) is 16.9. The quantitative estimate of drug-likeness (QED) is 0.776. The molecule has 0 unspecified atom stereocenters. The first kappa shape index (κ1) is 16.7. The summed E-state index contributed by atoms with van der Waals surface area (Å²) in [6, 6.07) is 9.62. The summed E-state index contributed by atoms with van der Waals surface area (Å²) in [7, 11) is 3.24. The molecule has 0 atom stereocenters. The van der Waals surface area contributed by atoms with E-state index in [9.17, 15) is 0 Å². The van der Waals surface area contributed by atoms with Crippen LogP contribution in [0.25, 0.3) is 0 Å². The molecule has 0 bridgehead atoms. The second-order valence-corrected chi connectivity index (χ2v) is 5.78. The van der Waals surface area contributed by atoms with Crippen molar-refractivity contribution in [1.29, 1.82) is 0 Å². The predicted octanol–water partition coefficient (Wildman–Crippen LogP) is 3.42. The second kappa shape index (κ2) is 7.64. The van der Waals surface area contributed by atoms with E-state index in [4.69, 9.17) is 30.5 Å². The summed E-state index contributed by atoms with van der Waals surface area (Å²) in [5, 5.41) is 3.96. The van der Waals surface area contributed by atoms with Gasteiger partial charge >= 0.3 is 0 Å². The summed E-state index contributed by atoms with van der Waals surface area (Å²) in [6.07, 6.45) is 0.795. The molecular formula is C18H20ClNO4. The third-order valence-electron chi connectivity index (χ3n) is 3.92. The van der Waals surface area contributed by atoms with Crippen LogP contribution >= 0.6 is 11.6 Å². The highest BCUT2D eigenvalue weighted by atomic mass is 35.5. The molecule has 0 amide bonds. The molecule has 3 rings (SSSR count). The van der Waals surface area contributed by atoms with Crippen LogP contribution in [0.5, 0.6) is 23.0 Å². The molecule has 0 saturated carbocycles. The summed E-state index contributed by atoms with van der Waals surface area (Å²) in [5.41, 5.74) is 2.13. The summed E-state index contributed by atoms with van der Waals surface area (Å²) in [4.78, 5) is 0. The predicted molar refractivity (Wildman–Crippen MR) is 92.5 cm³/mol. The normalized spacial score (nSPS) is 12.3. The van der Waals surface area contributed by atoms with Crippen molar-refractivity contribution in [3.8, 4) is 23.0 Å². The van der Waals surface area contributed by atoms with Crippen LogP contribution in [-0.2, 0) is 13.0 Å².